The third-order valence-corrected chi connectivity index (χ3v) is 3.68. The molecule has 0 radical (unpaired) electrons. The van der Waals surface area contributed by atoms with E-state index in [-0.39, 0.29) is 11.5 Å². The smallest absolute Gasteiger partial charge is 0.270 e. The minimum absolute atomic E-state index is 0.0267. The van der Waals surface area contributed by atoms with E-state index in [1.165, 1.54) is 12.1 Å². The molecule has 0 atom stereocenters. The van der Waals surface area contributed by atoms with Crippen LogP contribution in [0.15, 0.2) is 34.4 Å². The number of halogens is 1. The molecule has 0 bridgehead atoms. The van der Waals surface area contributed by atoms with E-state index < -0.39 is 4.92 Å². The van der Waals surface area contributed by atoms with Crippen molar-refractivity contribution in [2.24, 2.45) is 0 Å². The van der Waals surface area contributed by atoms with Gasteiger partial charge in [-0.25, -0.2) is 0 Å². The van der Waals surface area contributed by atoms with E-state index in [2.05, 4.69) is 21.2 Å². The molecular formula is C13H13BrN2O3. The summed E-state index contributed by atoms with van der Waals surface area (Å²) in [6.45, 7) is 0. The maximum Gasteiger partial charge on any atom is 0.270 e. The van der Waals surface area contributed by atoms with E-state index in [0.717, 1.165) is 24.8 Å². The molecule has 1 aromatic rings. The first-order chi connectivity index (χ1) is 9.08. The van der Waals surface area contributed by atoms with Gasteiger partial charge in [0.15, 0.2) is 5.78 Å². The number of Topliss-reactive ketones (excluding diaryl/α,β-unsaturated/α-hetero) is 1. The Morgan fingerprint density at radius 2 is 2.05 bits per heavy atom. The molecule has 0 unspecified atom stereocenters. The minimum atomic E-state index is -0.447. The SMILES string of the molecule is O=C1CCCCC1=CNc1ccc([N+](=O)[O-])cc1Br. The van der Waals surface area contributed by atoms with Crippen LogP contribution in [0.25, 0.3) is 0 Å². The third-order valence-electron chi connectivity index (χ3n) is 3.02. The molecule has 1 aliphatic rings. The predicted octanol–water partition coefficient (Wildman–Crippen LogP) is 3.80. The molecule has 2 rings (SSSR count). The molecule has 5 nitrogen and oxygen atoms in total. The highest BCUT2D eigenvalue weighted by Crippen LogP contribution is 2.28. The maximum absolute atomic E-state index is 11.6. The van der Waals surface area contributed by atoms with Crippen LogP contribution in [0.3, 0.4) is 0 Å². The summed E-state index contributed by atoms with van der Waals surface area (Å²) in [5.41, 5.74) is 1.52. The van der Waals surface area contributed by atoms with E-state index >= 15 is 0 Å². The quantitative estimate of drug-likeness (QED) is 0.521. The van der Waals surface area contributed by atoms with Crippen molar-refractivity contribution in [3.8, 4) is 0 Å². The Kier molecular flexibility index (Phi) is 4.31. The Morgan fingerprint density at radius 1 is 1.32 bits per heavy atom. The fraction of sp³-hybridized carbons (Fsp3) is 0.308. The van der Waals surface area contributed by atoms with Gasteiger partial charge in [-0.05, 0) is 41.3 Å². The number of carbonyl (C=O) groups is 1. The first-order valence-corrected chi connectivity index (χ1v) is 6.80. The van der Waals surface area contributed by atoms with Gasteiger partial charge in [-0.3, -0.25) is 14.9 Å². The number of anilines is 1. The number of carbonyl (C=O) groups excluding carboxylic acids is 1. The van der Waals surface area contributed by atoms with Crippen LogP contribution in [0.2, 0.25) is 0 Å². The molecule has 1 aliphatic carbocycles. The van der Waals surface area contributed by atoms with Crippen LogP contribution in [-0.4, -0.2) is 10.7 Å². The van der Waals surface area contributed by atoms with Crippen LogP contribution in [0.1, 0.15) is 25.7 Å². The van der Waals surface area contributed by atoms with Crippen molar-refractivity contribution in [1.29, 1.82) is 0 Å². The van der Waals surface area contributed by atoms with Crippen molar-refractivity contribution in [3.05, 3.63) is 44.6 Å². The molecular weight excluding hydrogens is 312 g/mol. The van der Waals surface area contributed by atoms with Gasteiger partial charge in [-0.1, -0.05) is 0 Å². The van der Waals surface area contributed by atoms with Crippen LogP contribution in [0, 0.1) is 10.1 Å². The summed E-state index contributed by atoms with van der Waals surface area (Å²) in [5, 5.41) is 13.6. The summed E-state index contributed by atoms with van der Waals surface area (Å²) in [4.78, 5) is 21.8. The summed E-state index contributed by atoms with van der Waals surface area (Å²) < 4.78 is 0.599. The topological polar surface area (TPSA) is 72.2 Å². The lowest BCUT2D eigenvalue weighted by atomic mass is 9.94. The third kappa shape index (κ3) is 3.41. The van der Waals surface area contributed by atoms with Gasteiger partial charge in [0.05, 0.1) is 10.6 Å². The van der Waals surface area contributed by atoms with Crippen molar-refractivity contribution in [1.82, 2.24) is 0 Å². The highest BCUT2D eigenvalue weighted by atomic mass is 79.9. The average Bonchev–Trinajstić information content (AvgIpc) is 2.39. The predicted molar refractivity (Wildman–Crippen MR) is 76.0 cm³/mol. The molecule has 1 fully saturated rings. The van der Waals surface area contributed by atoms with Crippen molar-refractivity contribution < 1.29 is 9.72 Å². The van der Waals surface area contributed by atoms with Crippen LogP contribution in [0.4, 0.5) is 11.4 Å². The fourth-order valence-corrected chi connectivity index (χ4v) is 2.43. The van der Waals surface area contributed by atoms with Crippen molar-refractivity contribution in [2.75, 3.05) is 5.32 Å². The molecule has 0 spiro atoms. The zero-order valence-electron chi connectivity index (χ0n) is 10.2. The Balaban J connectivity index is 2.13. The van der Waals surface area contributed by atoms with Crippen LogP contribution in [-0.2, 0) is 4.79 Å². The lowest BCUT2D eigenvalue weighted by molar-refractivity contribution is -0.384. The molecule has 6 heteroatoms. The van der Waals surface area contributed by atoms with Gasteiger partial charge >= 0.3 is 0 Å². The van der Waals surface area contributed by atoms with E-state index in [0.29, 0.717) is 16.6 Å². The van der Waals surface area contributed by atoms with Crippen LogP contribution < -0.4 is 5.32 Å². The molecule has 1 saturated carbocycles. The molecule has 0 aliphatic heterocycles. The zero-order valence-corrected chi connectivity index (χ0v) is 11.8. The number of nitrogens with zero attached hydrogens (tertiary/aromatic N) is 1. The monoisotopic (exact) mass is 324 g/mol. The van der Waals surface area contributed by atoms with Gasteiger partial charge in [-0.2, -0.15) is 0 Å². The van der Waals surface area contributed by atoms with E-state index in [1.807, 2.05) is 0 Å². The van der Waals surface area contributed by atoms with Gasteiger partial charge in [-0.15, -0.1) is 0 Å². The van der Waals surface area contributed by atoms with Crippen molar-refractivity contribution in [2.45, 2.75) is 25.7 Å². The normalized spacial score (nSPS) is 17.5. The van der Waals surface area contributed by atoms with Gasteiger partial charge in [0, 0.05) is 34.8 Å². The summed E-state index contributed by atoms with van der Waals surface area (Å²) in [6, 6.07) is 4.48. The van der Waals surface area contributed by atoms with E-state index in [9.17, 15) is 14.9 Å². The summed E-state index contributed by atoms with van der Waals surface area (Å²) in [5.74, 6) is 0.178. The number of nitro benzene ring substituents is 1. The van der Waals surface area contributed by atoms with Gasteiger partial charge in [0.1, 0.15) is 0 Å². The second-order valence-corrected chi connectivity index (χ2v) is 5.22. The molecule has 0 heterocycles. The zero-order chi connectivity index (χ0) is 13.8. The highest BCUT2D eigenvalue weighted by molar-refractivity contribution is 9.10. The fourth-order valence-electron chi connectivity index (χ4n) is 1.95. The summed E-state index contributed by atoms with van der Waals surface area (Å²) in [7, 11) is 0. The Labute approximate surface area is 119 Å². The summed E-state index contributed by atoms with van der Waals surface area (Å²) in [6.07, 6.45) is 5.08. The first kappa shape index (κ1) is 13.7. The van der Waals surface area contributed by atoms with Gasteiger partial charge in [0.2, 0.25) is 0 Å². The van der Waals surface area contributed by atoms with E-state index in [1.54, 1.807) is 12.3 Å². The van der Waals surface area contributed by atoms with Gasteiger partial charge in [0.25, 0.3) is 5.69 Å². The summed E-state index contributed by atoms with van der Waals surface area (Å²) >= 11 is 3.27. The van der Waals surface area contributed by atoms with Crippen molar-refractivity contribution in [3.63, 3.8) is 0 Å². The second-order valence-electron chi connectivity index (χ2n) is 4.37. The maximum atomic E-state index is 11.6. The van der Waals surface area contributed by atoms with Crippen LogP contribution in [0.5, 0.6) is 0 Å². The highest BCUT2D eigenvalue weighted by Gasteiger charge is 2.15. The second kappa shape index (κ2) is 5.97. The number of non-ortho nitro benzene ring substituents is 1. The van der Waals surface area contributed by atoms with Crippen molar-refractivity contribution >= 4 is 33.1 Å². The molecule has 19 heavy (non-hydrogen) atoms. The van der Waals surface area contributed by atoms with Gasteiger partial charge < -0.3 is 5.32 Å². The molecule has 0 amide bonds. The number of hydrogen-bond donors (Lipinski definition) is 1. The number of ketones is 1. The number of nitro groups is 1. The number of nitrogens with one attached hydrogen (secondary N) is 1. The Hall–Kier alpha value is -1.69. The lowest BCUT2D eigenvalue weighted by Gasteiger charge is -2.13. The lowest BCUT2D eigenvalue weighted by Crippen LogP contribution is -2.10. The number of allylic oxidation sites excluding steroid dienone is 1. The largest absolute Gasteiger partial charge is 0.360 e. The molecule has 1 N–H and O–H groups in total. The number of benzene rings is 1. The van der Waals surface area contributed by atoms with E-state index in [4.69, 9.17) is 0 Å². The molecule has 0 saturated heterocycles. The molecule has 100 valence electrons. The number of hydrogen-bond acceptors (Lipinski definition) is 4. The minimum Gasteiger partial charge on any atom is -0.360 e. The average molecular weight is 325 g/mol. The standard InChI is InChI=1S/C13H13BrN2O3/c14-11-7-10(16(18)19)5-6-12(11)15-8-9-3-1-2-4-13(9)17/h5-8,15H,1-4H2. The molecule has 0 aromatic heterocycles. The van der Waals surface area contributed by atoms with Crippen LogP contribution >= 0.6 is 15.9 Å². The first-order valence-electron chi connectivity index (χ1n) is 6.00. The Bertz CT molecular complexity index is 555. The molecule has 1 aromatic carbocycles. The Morgan fingerprint density at radius 3 is 2.68 bits per heavy atom. The number of rotatable bonds is 3.